The van der Waals surface area contributed by atoms with E-state index < -0.39 is 89.6 Å². The predicted octanol–water partition coefficient (Wildman–Crippen LogP) is 9.32. The zero-order valence-corrected chi connectivity index (χ0v) is 20.1. The summed E-state index contributed by atoms with van der Waals surface area (Å²) in [7, 11) is 0. The lowest BCUT2D eigenvalue weighted by Crippen LogP contribution is -2.83. The van der Waals surface area contributed by atoms with Crippen molar-refractivity contribution in [1.29, 1.82) is 0 Å². The third-order valence-corrected chi connectivity index (χ3v) is 5.40. The topological polar surface area (TPSA) is 29.5 Å². The maximum absolute atomic E-state index is 14.1. The highest BCUT2D eigenvalue weighted by Crippen LogP contribution is 2.69. The molecule has 1 N–H and O–H groups in total. The Morgan fingerprint density at radius 1 is 0.250 bits per heavy atom. The van der Waals surface area contributed by atoms with Gasteiger partial charge in [0.05, 0.1) is 0 Å². The Morgan fingerprint density at radius 2 is 0.479 bits per heavy atom. The van der Waals surface area contributed by atoms with Crippen LogP contribution in [-0.2, 0) is 4.74 Å². The molecule has 0 spiro atoms. The van der Waals surface area contributed by atoms with Gasteiger partial charge >= 0.3 is 89.6 Å². The molecule has 0 heterocycles. The second kappa shape index (κ2) is 10.9. The number of ether oxygens (including phenoxy) is 1. The van der Waals surface area contributed by atoms with Crippen LogP contribution in [0.15, 0.2) is 0 Å². The molecule has 33 heteroatoms. The molecule has 48 heavy (non-hydrogen) atoms. The van der Waals surface area contributed by atoms with Crippen LogP contribution in [0.3, 0.4) is 0 Å². The SMILES string of the molecule is OC(C(F)(F)F)(C(F)(F)C(F)(F)C(F)(F)C(F)(F)OC(F)(C(F)(F)F)C(F)(F)F)C(F)(F)C(F)(F)C(F)(F)C(F)(F)C(F)(F)C(F)(F)F. The number of rotatable bonds is 11. The van der Waals surface area contributed by atoms with E-state index in [2.05, 4.69) is 0 Å². The molecule has 2 nitrogen and oxygen atoms in total. The standard InChI is InChI=1S/C15HF31O2/c16-2(17,4(20,21)6(24,25)7(26,27)8(28,29)12(36,37)38)1(47,11(33,34)35)3(18,19)5(22,23)9(30,31)15(45,46)48-10(32,13(39,40)41)14(42,43)44/h47H. The summed E-state index contributed by atoms with van der Waals surface area (Å²) in [5.74, 6) is -86.7. The molecule has 0 rings (SSSR count). The van der Waals surface area contributed by atoms with Crippen molar-refractivity contribution in [1.82, 2.24) is 0 Å². The van der Waals surface area contributed by atoms with Crippen molar-refractivity contribution in [3.63, 3.8) is 0 Å². The first kappa shape index (κ1) is 45.8. The van der Waals surface area contributed by atoms with Crippen LogP contribution in [0, 0.1) is 0 Å². The molecule has 1 atom stereocenters. The highest BCUT2D eigenvalue weighted by molar-refractivity contribution is 5.23. The van der Waals surface area contributed by atoms with E-state index in [4.69, 9.17) is 5.11 Å². The van der Waals surface area contributed by atoms with Gasteiger partial charge in [-0.25, -0.2) is 0 Å². The lowest BCUT2D eigenvalue weighted by Gasteiger charge is -2.49. The fraction of sp³-hybridized carbons (Fsp3) is 1.00. The summed E-state index contributed by atoms with van der Waals surface area (Å²) in [6.07, 6.45) is -43.7. The van der Waals surface area contributed by atoms with E-state index in [1.54, 1.807) is 0 Å². The van der Waals surface area contributed by atoms with E-state index in [9.17, 15) is 136 Å². The Hall–Kier alpha value is -2.25. The molecule has 0 aliphatic rings. The Morgan fingerprint density at radius 3 is 0.708 bits per heavy atom. The molecule has 290 valence electrons. The summed E-state index contributed by atoms with van der Waals surface area (Å²) in [4.78, 5) is 0. The predicted molar refractivity (Wildman–Crippen MR) is 78.6 cm³/mol. The molecule has 0 aliphatic carbocycles. The van der Waals surface area contributed by atoms with Gasteiger partial charge in [0.25, 0.3) is 0 Å². The van der Waals surface area contributed by atoms with Gasteiger partial charge in [0.1, 0.15) is 0 Å². The monoisotopic (exact) mass is 802 g/mol. The van der Waals surface area contributed by atoms with E-state index in [0.717, 1.165) is 0 Å². The average molecular weight is 802 g/mol. The van der Waals surface area contributed by atoms with Crippen molar-refractivity contribution >= 4 is 0 Å². The fourth-order valence-electron chi connectivity index (χ4n) is 2.67. The van der Waals surface area contributed by atoms with Crippen LogP contribution in [0.2, 0.25) is 0 Å². The van der Waals surface area contributed by atoms with Gasteiger partial charge in [0, 0.05) is 0 Å². The highest BCUT2D eigenvalue weighted by Gasteiger charge is 3.01. The normalized spacial score (nSPS) is 18.2. The average Bonchev–Trinajstić information content (AvgIpc) is 2.79. The first-order valence-corrected chi connectivity index (χ1v) is 9.74. The lowest BCUT2D eigenvalue weighted by atomic mass is 9.76. The van der Waals surface area contributed by atoms with E-state index in [1.807, 2.05) is 0 Å². The Labute approximate surface area is 237 Å². The molecule has 0 aliphatic heterocycles. The zero-order chi connectivity index (χ0) is 40.2. The van der Waals surface area contributed by atoms with Gasteiger partial charge in [-0.1, -0.05) is 0 Å². The summed E-state index contributed by atoms with van der Waals surface area (Å²) in [5.41, 5.74) is -9.96. The van der Waals surface area contributed by atoms with Crippen molar-refractivity contribution in [3.05, 3.63) is 0 Å². The van der Waals surface area contributed by atoms with E-state index in [0.29, 0.717) is 4.74 Å². The van der Waals surface area contributed by atoms with Crippen molar-refractivity contribution in [2.45, 2.75) is 89.6 Å². The zero-order valence-electron chi connectivity index (χ0n) is 20.1. The summed E-state index contributed by atoms with van der Waals surface area (Å²) in [6.45, 7) is 0. The second-order valence-corrected chi connectivity index (χ2v) is 8.51. The molecule has 0 saturated heterocycles. The van der Waals surface area contributed by atoms with Crippen molar-refractivity contribution < 1.29 is 146 Å². The van der Waals surface area contributed by atoms with Crippen LogP contribution in [0.5, 0.6) is 0 Å². The maximum Gasteiger partial charge on any atom is 0.460 e. The summed E-state index contributed by atoms with van der Waals surface area (Å²) < 4.78 is 408. The van der Waals surface area contributed by atoms with E-state index >= 15 is 0 Å². The molecule has 0 aromatic heterocycles. The van der Waals surface area contributed by atoms with Gasteiger partial charge < -0.3 is 5.11 Å². The molecule has 0 amide bonds. The minimum atomic E-state index is -10.2. The highest BCUT2D eigenvalue weighted by atomic mass is 19.4. The summed E-state index contributed by atoms with van der Waals surface area (Å²) in [6, 6.07) is 0. The van der Waals surface area contributed by atoms with E-state index in [-0.39, 0.29) is 0 Å². The van der Waals surface area contributed by atoms with Crippen LogP contribution in [-0.4, -0.2) is 94.8 Å². The minimum absolute atomic E-state index is 0.699. The maximum atomic E-state index is 14.1. The van der Waals surface area contributed by atoms with Gasteiger partial charge in [-0.2, -0.15) is 136 Å². The number of alkyl halides is 31. The van der Waals surface area contributed by atoms with Crippen molar-refractivity contribution in [2.75, 3.05) is 0 Å². The Balaban J connectivity index is 7.97. The Bertz CT molecular complexity index is 1150. The lowest BCUT2D eigenvalue weighted by molar-refractivity contribution is -0.535. The van der Waals surface area contributed by atoms with Gasteiger partial charge in [0.2, 0.25) is 0 Å². The minimum Gasteiger partial charge on any atom is -0.371 e. The number of hydrogen-bond acceptors (Lipinski definition) is 2. The van der Waals surface area contributed by atoms with Gasteiger partial charge in [-0.3, -0.25) is 4.74 Å². The van der Waals surface area contributed by atoms with Crippen molar-refractivity contribution in [2.24, 2.45) is 0 Å². The molecule has 0 radical (unpaired) electrons. The molecule has 0 fully saturated rings. The third kappa shape index (κ3) is 5.48. The number of aliphatic hydroxyl groups is 1. The Kier molecular flexibility index (Phi) is 10.4. The first-order chi connectivity index (χ1) is 20.0. The van der Waals surface area contributed by atoms with E-state index in [1.165, 1.54) is 0 Å². The summed E-state index contributed by atoms with van der Waals surface area (Å²) in [5, 5.41) is 8.56. The van der Waals surface area contributed by atoms with Crippen molar-refractivity contribution in [3.8, 4) is 0 Å². The largest absolute Gasteiger partial charge is 0.460 e. The van der Waals surface area contributed by atoms with Crippen LogP contribution in [0.1, 0.15) is 0 Å². The summed E-state index contributed by atoms with van der Waals surface area (Å²) >= 11 is 0. The van der Waals surface area contributed by atoms with Crippen LogP contribution < -0.4 is 0 Å². The molecule has 1 unspecified atom stereocenters. The van der Waals surface area contributed by atoms with Crippen LogP contribution >= 0.6 is 0 Å². The first-order valence-electron chi connectivity index (χ1n) is 9.74. The second-order valence-electron chi connectivity index (χ2n) is 8.51. The smallest absolute Gasteiger partial charge is 0.371 e. The molecular weight excluding hydrogens is 801 g/mol. The molecule has 0 bridgehead atoms. The molecule has 0 aromatic carbocycles. The van der Waals surface area contributed by atoms with Gasteiger partial charge in [0.15, 0.2) is 0 Å². The molecular formula is C15HF31O2. The molecule has 0 aromatic rings. The molecule has 0 saturated carbocycles. The fourth-order valence-corrected chi connectivity index (χ4v) is 2.67. The quantitative estimate of drug-likeness (QED) is 0.211. The van der Waals surface area contributed by atoms with Gasteiger partial charge in [-0.05, 0) is 0 Å². The number of hydrogen-bond donors (Lipinski definition) is 1. The van der Waals surface area contributed by atoms with Crippen LogP contribution in [0.25, 0.3) is 0 Å². The van der Waals surface area contributed by atoms with Crippen LogP contribution in [0.4, 0.5) is 136 Å². The third-order valence-electron chi connectivity index (χ3n) is 5.40. The van der Waals surface area contributed by atoms with Gasteiger partial charge in [-0.15, -0.1) is 0 Å². The number of halogens is 31.